The summed E-state index contributed by atoms with van der Waals surface area (Å²) in [5, 5.41) is 7.56. The topological polar surface area (TPSA) is 46.1 Å². The molecular weight excluding hydrogens is 274 g/mol. The Balaban J connectivity index is 1.59. The van der Waals surface area contributed by atoms with Gasteiger partial charge < -0.3 is 15.2 Å². The van der Waals surface area contributed by atoms with E-state index >= 15 is 0 Å². The summed E-state index contributed by atoms with van der Waals surface area (Å²) >= 11 is 0. The van der Waals surface area contributed by atoms with Crippen LogP contribution in [0.3, 0.4) is 0 Å². The zero-order valence-electron chi connectivity index (χ0n) is 13.3. The highest BCUT2D eigenvalue weighted by Crippen LogP contribution is 2.21. The molecule has 0 bridgehead atoms. The first kappa shape index (κ1) is 15.1. The van der Waals surface area contributed by atoms with Crippen LogP contribution in [0.4, 0.5) is 5.69 Å². The predicted molar refractivity (Wildman–Crippen MR) is 91.1 cm³/mol. The van der Waals surface area contributed by atoms with E-state index in [0.717, 1.165) is 38.2 Å². The van der Waals surface area contributed by atoms with Crippen molar-refractivity contribution in [1.82, 2.24) is 9.88 Å². The normalized spacial score (nSPS) is 18.0. The Morgan fingerprint density at radius 2 is 2.32 bits per heavy atom. The Hall–Kier alpha value is -1.81. The summed E-state index contributed by atoms with van der Waals surface area (Å²) in [6, 6.07) is 8.28. The van der Waals surface area contributed by atoms with E-state index in [1.165, 1.54) is 17.3 Å². The summed E-state index contributed by atoms with van der Waals surface area (Å²) in [5.41, 5.74) is 2.13. The highest BCUT2D eigenvalue weighted by molar-refractivity contribution is 5.93. The molecule has 22 heavy (non-hydrogen) atoms. The summed E-state index contributed by atoms with van der Waals surface area (Å²) in [6.07, 6.45) is 6.03. The Morgan fingerprint density at radius 1 is 1.41 bits per heavy atom. The summed E-state index contributed by atoms with van der Waals surface area (Å²) < 4.78 is 2.26. The molecule has 1 atom stereocenters. The molecule has 0 saturated carbocycles. The molecule has 0 aliphatic carbocycles. The average molecular weight is 299 g/mol. The van der Waals surface area contributed by atoms with E-state index in [9.17, 15) is 4.79 Å². The SMILES string of the molecule is CCCn1ccc2cc(NC(=O)CCC3CCNC3)ccc21. The second-order valence-electron chi connectivity index (χ2n) is 6.23. The van der Waals surface area contributed by atoms with Gasteiger partial charge in [0.05, 0.1) is 0 Å². The molecule has 1 unspecified atom stereocenters. The number of anilines is 1. The lowest BCUT2D eigenvalue weighted by molar-refractivity contribution is -0.116. The maximum absolute atomic E-state index is 12.1. The molecule has 3 rings (SSSR count). The third-order valence-electron chi connectivity index (χ3n) is 4.46. The van der Waals surface area contributed by atoms with Gasteiger partial charge in [-0.3, -0.25) is 4.79 Å². The van der Waals surface area contributed by atoms with Crippen molar-refractivity contribution in [2.45, 2.75) is 39.2 Å². The van der Waals surface area contributed by atoms with Gasteiger partial charge in [-0.05, 0) is 62.5 Å². The summed E-state index contributed by atoms with van der Waals surface area (Å²) in [7, 11) is 0. The second kappa shape index (κ2) is 6.97. The minimum atomic E-state index is 0.124. The van der Waals surface area contributed by atoms with Gasteiger partial charge in [0.1, 0.15) is 0 Å². The Bertz CT molecular complexity index is 641. The van der Waals surface area contributed by atoms with Gasteiger partial charge in [-0.1, -0.05) is 6.92 Å². The van der Waals surface area contributed by atoms with Crippen LogP contribution in [0.25, 0.3) is 10.9 Å². The van der Waals surface area contributed by atoms with Crippen molar-refractivity contribution >= 4 is 22.5 Å². The van der Waals surface area contributed by atoms with Crippen LogP contribution in [0.5, 0.6) is 0 Å². The van der Waals surface area contributed by atoms with Gasteiger partial charge in [0.2, 0.25) is 5.91 Å². The molecule has 1 saturated heterocycles. The van der Waals surface area contributed by atoms with Crippen LogP contribution < -0.4 is 10.6 Å². The monoisotopic (exact) mass is 299 g/mol. The Labute approximate surface area is 131 Å². The molecule has 0 radical (unpaired) electrons. The van der Waals surface area contributed by atoms with Crippen molar-refractivity contribution in [3.05, 3.63) is 30.5 Å². The standard InChI is InChI=1S/C18H25N3O/c1-2-10-21-11-8-15-12-16(4-5-17(15)21)20-18(22)6-3-14-7-9-19-13-14/h4-5,8,11-12,14,19H,2-3,6-7,9-10,13H2,1H3,(H,20,22). The lowest BCUT2D eigenvalue weighted by Crippen LogP contribution is -2.14. The molecule has 1 amide bonds. The van der Waals surface area contributed by atoms with Crippen LogP contribution in [-0.2, 0) is 11.3 Å². The highest BCUT2D eigenvalue weighted by atomic mass is 16.1. The van der Waals surface area contributed by atoms with Gasteiger partial charge in [-0.2, -0.15) is 0 Å². The van der Waals surface area contributed by atoms with Crippen molar-refractivity contribution < 1.29 is 4.79 Å². The fourth-order valence-corrected chi connectivity index (χ4v) is 3.23. The first-order valence-electron chi connectivity index (χ1n) is 8.35. The predicted octanol–water partition coefficient (Wildman–Crippen LogP) is 3.38. The second-order valence-corrected chi connectivity index (χ2v) is 6.23. The number of nitrogens with one attached hydrogen (secondary N) is 2. The van der Waals surface area contributed by atoms with E-state index in [1.807, 2.05) is 6.07 Å². The minimum absolute atomic E-state index is 0.124. The maximum atomic E-state index is 12.1. The summed E-state index contributed by atoms with van der Waals surface area (Å²) in [6.45, 7) is 5.37. The van der Waals surface area contributed by atoms with E-state index in [0.29, 0.717) is 12.3 Å². The molecular formula is C18H25N3O. The van der Waals surface area contributed by atoms with Gasteiger partial charge in [-0.15, -0.1) is 0 Å². The van der Waals surface area contributed by atoms with Crippen molar-refractivity contribution in [1.29, 1.82) is 0 Å². The molecule has 1 aromatic heterocycles. The molecule has 1 aliphatic rings. The van der Waals surface area contributed by atoms with Crippen LogP contribution in [0, 0.1) is 5.92 Å². The van der Waals surface area contributed by atoms with Gasteiger partial charge in [-0.25, -0.2) is 0 Å². The fraction of sp³-hybridized carbons (Fsp3) is 0.500. The number of benzene rings is 1. The molecule has 1 fully saturated rings. The minimum Gasteiger partial charge on any atom is -0.347 e. The number of aryl methyl sites for hydroxylation is 1. The summed E-state index contributed by atoms with van der Waals surface area (Å²) in [4.78, 5) is 12.1. The molecule has 0 spiro atoms. The molecule has 2 aromatic rings. The lowest BCUT2D eigenvalue weighted by atomic mass is 10.0. The van der Waals surface area contributed by atoms with Crippen LogP contribution in [0.15, 0.2) is 30.5 Å². The number of rotatable bonds is 6. The van der Waals surface area contributed by atoms with Crippen LogP contribution in [0.2, 0.25) is 0 Å². The molecule has 4 nitrogen and oxygen atoms in total. The van der Waals surface area contributed by atoms with Gasteiger partial charge >= 0.3 is 0 Å². The molecule has 1 aliphatic heterocycles. The summed E-state index contributed by atoms with van der Waals surface area (Å²) in [5.74, 6) is 0.788. The number of hydrogen-bond acceptors (Lipinski definition) is 2. The first-order valence-corrected chi connectivity index (χ1v) is 8.35. The average Bonchev–Trinajstić information content (AvgIpc) is 3.15. The van der Waals surface area contributed by atoms with Crippen molar-refractivity contribution in [3.63, 3.8) is 0 Å². The molecule has 118 valence electrons. The zero-order chi connectivity index (χ0) is 15.4. The van der Waals surface area contributed by atoms with E-state index in [-0.39, 0.29) is 5.91 Å². The molecule has 1 aromatic carbocycles. The van der Waals surface area contributed by atoms with Gasteiger partial charge in [0.15, 0.2) is 0 Å². The Morgan fingerprint density at radius 3 is 3.09 bits per heavy atom. The van der Waals surface area contributed by atoms with Crippen LogP contribution >= 0.6 is 0 Å². The van der Waals surface area contributed by atoms with E-state index in [1.54, 1.807) is 0 Å². The van der Waals surface area contributed by atoms with Crippen molar-refractivity contribution in [2.75, 3.05) is 18.4 Å². The van der Waals surface area contributed by atoms with E-state index < -0.39 is 0 Å². The number of fused-ring (bicyclic) bond motifs is 1. The van der Waals surface area contributed by atoms with E-state index in [4.69, 9.17) is 0 Å². The maximum Gasteiger partial charge on any atom is 0.224 e. The first-order chi connectivity index (χ1) is 10.8. The van der Waals surface area contributed by atoms with Crippen LogP contribution in [-0.4, -0.2) is 23.6 Å². The highest BCUT2D eigenvalue weighted by Gasteiger charge is 2.15. The Kier molecular flexibility index (Phi) is 4.78. The lowest BCUT2D eigenvalue weighted by Gasteiger charge is -2.09. The third-order valence-corrected chi connectivity index (χ3v) is 4.46. The quantitative estimate of drug-likeness (QED) is 0.859. The largest absolute Gasteiger partial charge is 0.347 e. The molecule has 4 heteroatoms. The van der Waals surface area contributed by atoms with Gasteiger partial charge in [0.25, 0.3) is 0 Å². The smallest absolute Gasteiger partial charge is 0.224 e. The number of carbonyl (C=O) groups is 1. The number of amides is 1. The number of nitrogens with zero attached hydrogens (tertiary/aromatic N) is 1. The number of aromatic nitrogens is 1. The number of carbonyl (C=O) groups excluding carboxylic acids is 1. The fourth-order valence-electron chi connectivity index (χ4n) is 3.23. The number of hydrogen-bond donors (Lipinski definition) is 2. The van der Waals surface area contributed by atoms with Crippen molar-refractivity contribution in [2.24, 2.45) is 5.92 Å². The van der Waals surface area contributed by atoms with Crippen molar-refractivity contribution in [3.8, 4) is 0 Å². The van der Waals surface area contributed by atoms with Gasteiger partial charge in [0, 0.05) is 35.8 Å². The van der Waals surface area contributed by atoms with E-state index in [2.05, 4.69) is 46.5 Å². The third kappa shape index (κ3) is 3.50. The van der Waals surface area contributed by atoms with Crippen LogP contribution in [0.1, 0.15) is 32.6 Å². The zero-order valence-corrected chi connectivity index (χ0v) is 13.3. The molecule has 2 heterocycles. The molecule has 2 N–H and O–H groups in total.